The average Bonchev–Trinajstić information content (AvgIpc) is 2.26. The molecule has 0 heterocycles. The maximum atomic E-state index is 9.06. The third-order valence-electron chi connectivity index (χ3n) is 2.55. The van der Waals surface area contributed by atoms with Gasteiger partial charge in [-0.05, 0) is 25.1 Å². The summed E-state index contributed by atoms with van der Waals surface area (Å²) >= 11 is 10.9. The lowest BCUT2D eigenvalue weighted by atomic mass is 10.1. The minimum Gasteiger partial charge on any atom is -0.394 e. The second-order valence-electron chi connectivity index (χ2n) is 3.67. The molecular weight excluding hydrogens is 244 g/mol. The Kier molecular flexibility index (Phi) is 4.53. The van der Waals surface area contributed by atoms with Crippen molar-refractivity contribution in [1.82, 2.24) is 0 Å². The van der Waals surface area contributed by atoms with Gasteiger partial charge in [0.1, 0.15) is 4.99 Å². The van der Waals surface area contributed by atoms with Crippen LogP contribution in [0.3, 0.4) is 0 Å². The van der Waals surface area contributed by atoms with Crippen LogP contribution in [0.1, 0.15) is 12.5 Å². The number of hydrogen-bond acceptors (Lipinski definition) is 3. The van der Waals surface area contributed by atoms with E-state index in [4.69, 9.17) is 34.7 Å². The second kappa shape index (κ2) is 5.48. The highest BCUT2D eigenvalue weighted by molar-refractivity contribution is 7.80. The number of thiocarbonyl (C=S) groups is 1. The first-order valence-electron chi connectivity index (χ1n) is 4.90. The number of hydrogen-bond donors (Lipinski definition) is 2. The molecular formula is C11H15ClN2OS. The number of likely N-dealkylation sites (N-methyl/N-ethyl adjacent to an activating group) is 1. The highest BCUT2D eigenvalue weighted by Gasteiger charge is 2.11. The molecule has 0 aromatic heterocycles. The van der Waals surface area contributed by atoms with E-state index in [0.29, 0.717) is 10.6 Å². The lowest BCUT2D eigenvalue weighted by molar-refractivity contribution is 0.270. The molecule has 1 rings (SSSR count). The Labute approximate surface area is 106 Å². The van der Waals surface area contributed by atoms with Gasteiger partial charge in [-0.25, -0.2) is 0 Å². The summed E-state index contributed by atoms with van der Waals surface area (Å²) in [4.78, 5) is 2.23. The van der Waals surface area contributed by atoms with Gasteiger partial charge in [-0.3, -0.25) is 0 Å². The summed E-state index contributed by atoms with van der Waals surface area (Å²) in [7, 11) is 1.90. The van der Waals surface area contributed by atoms with Crippen molar-refractivity contribution in [1.29, 1.82) is 0 Å². The number of nitrogens with two attached hydrogens (primary N) is 1. The highest BCUT2D eigenvalue weighted by Crippen LogP contribution is 2.24. The molecule has 0 radical (unpaired) electrons. The van der Waals surface area contributed by atoms with Crippen molar-refractivity contribution in [3.8, 4) is 0 Å². The first-order chi connectivity index (χ1) is 7.47. The first-order valence-corrected chi connectivity index (χ1v) is 5.69. The Morgan fingerprint density at radius 1 is 1.62 bits per heavy atom. The summed E-state index contributed by atoms with van der Waals surface area (Å²) in [5.41, 5.74) is 7.11. The van der Waals surface area contributed by atoms with Gasteiger partial charge in [-0.1, -0.05) is 23.8 Å². The van der Waals surface area contributed by atoms with Gasteiger partial charge in [0.15, 0.2) is 0 Å². The van der Waals surface area contributed by atoms with Crippen LogP contribution >= 0.6 is 23.8 Å². The van der Waals surface area contributed by atoms with E-state index in [9.17, 15) is 0 Å². The van der Waals surface area contributed by atoms with Gasteiger partial charge in [0.2, 0.25) is 0 Å². The minimum atomic E-state index is 0.0340. The van der Waals surface area contributed by atoms with E-state index in [1.54, 1.807) is 12.1 Å². The molecule has 0 aliphatic heterocycles. The smallest absolute Gasteiger partial charge is 0.105 e. The standard InChI is InChI=1S/C11H15ClN2OS/c1-7(6-15)14(2)8-3-4-9(11(13)16)10(12)5-8/h3-5,7,15H,6H2,1-2H3,(H2,13,16). The SMILES string of the molecule is CC(CO)N(C)c1ccc(C(N)=S)c(Cl)c1. The van der Waals surface area contributed by atoms with E-state index < -0.39 is 0 Å². The topological polar surface area (TPSA) is 49.5 Å². The maximum absolute atomic E-state index is 9.06. The molecule has 0 bridgehead atoms. The molecule has 0 aliphatic rings. The molecule has 0 fully saturated rings. The van der Waals surface area contributed by atoms with E-state index in [0.717, 1.165) is 5.69 Å². The van der Waals surface area contributed by atoms with Crippen LogP contribution in [0.15, 0.2) is 18.2 Å². The first kappa shape index (κ1) is 13.2. The van der Waals surface area contributed by atoms with Crippen molar-refractivity contribution in [3.63, 3.8) is 0 Å². The van der Waals surface area contributed by atoms with Crippen LogP contribution in [-0.2, 0) is 0 Å². The largest absolute Gasteiger partial charge is 0.394 e. The lowest BCUT2D eigenvalue weighted by Gasteiger charge is -2.25. The van der Waals surface area contributed by atoms with E-state index in [2.05, 4.69) is 0 Å². The van der Waals surface area contributed by atoms with Gasteiger partial charge in [0, 0.05) is 24.3 Å². The third kappa shape index (κ3) is 2.84. The van der Waals surface area contributed by atoms with E-state index >= 15 is 0 Å². The molecule has 1 aromatic rings. The number of anilines is 1. The van der Waals surface area contributed by atoms with E-state index in [1.165, 1.54) is 0 Å². The number of benzene rings is 1. The fraction of sp³-hybridized carbons (Fsp3) is 0.364. The molecule has 0 amide bonds. The molecule has 3 nitrogen and oxygen atoms in total. The van der Waals surface area contributed by atoms with Crippen molar-refractivity contribution < 1.29 is 5.11 Å². The van der Waals surface area contributed by atoms with Crippen LogP contribution in [0.5, 0.6) is 0 Å². The molecule has 5 heteroatoms. The zero-order valence-corrected chi connectivity index (χ0v) is 10.8. The maximum Gasteiger partial charge on any atom is 0.105 e. The molecule has 1 atom stereocenters. The number of rotatable bonds is 4. The van der Waals surface area contributed by atoms with Crippen molar-refractivity contribution in [2.24, 2.45) is 5.73 Å². The number of halogens is 1. The fourth-order valence-corrected chi connectivity index (χ4v) is 1.81. The molecule has 16 heavy (non-hydrogen) atoms. The summed E-state index contributed by atoms with van der Waals surface area (Å²) in [6.45, 7) is 2.01. The predicted molar refractivity (Wildman–Crippen MR) is 72.3 cm³/mol. The van der Waals surface area contributed by atoms with Gasteiger partial charge in [-0.15, -0.1) is 0 Å². The van der Waals surface area contributed by atoms with Crippen molar-refractivity contribution in [3.05, 3.63) is 28.8 Å². The number of nitrogens with zero attached hydrogens (tertiary/aromatic N) is 1. The monoisotopic (exact) mass is 258 g/mol. The van der Waals surface area contributed by atoms with Crippen molar-refractivity contribution in [2.45, 2.75) is 13.0 Å². The molecule has 0 saturated carbocycles. The Balaban J connectivity index is 3.01. The van der Waals surface area contributed by atoms with Gasteiger partial charge in [0.05, 0.1) is 11.6 Å². The Morgan fingerprint density at radius 3 is 2.69 bits per heavy atom. The summed E-state index contributed by atoms with van der Waals surface area (Å²) in [6.07, 6.45) is 0. The number of aliphatic hydroxyl groups is 1. The quantitative estimate of drug-likeness (QED) is 0.809. The van der Waals surface area contributed by atoms with Crippen molar-refractivity contribution in [2.75, 3.05) is 18.6 Å². The fourth-order valence-electron chi connectivity index (χ4n) is 1.30. The van der Waals surface area contributed by atoms with Crippen molar-refractivity contribution >= 4 is 34.5 Å². The summed E-state index contributed by atoms with van der Waals surface area (Å²) < 4.78 is 0. The minimum absolute atomic E-state index is 0.0340. The van der Waals surface area contributed by atoms with Gasteiger partial charge < -0.3 is 15.7 Å². The molecule has 0 saturated heterocycles. The second-order valence-corrected chi connectivity index (χ2v) is 4.52. The van der Waals surface area contributed by atoms with Crippen LogP contribution in [0, 0.1) is 0 Å². The van der Waals surface area contributed by atoms with Crippen LogP contribution in [0.25, 0.3) is 0 Å². The Hall–Kier alpha value is -0.840. The van der Waals surface area contributed by atoms with Crippen LogP contribution in [0.4, 0.5) is 5.69 Å². The molecule has 1 unspecified atom stereocenters. The average molecular weight is 259 g/mol. The van der Waals surface area contributed by atoms with Gasteiger partial charge in [-0.2, -0.15) is 0 Å². The van der Waals surface area contributed by atoms with E-state index in [1.807, 2.05) is 24.9 Å². The van der Waals surface area contributed by atoms with E-state index in [-0.39, 0.29) is 17.6 Å². The zero-order chi connectivity index (χ0) is 12.3. The normalized spacial score (nSPS) is 12.2. The van der Waals surface area contributed by atoms with Gasteiger partial charge in [0.25, 0.3) is 0 Å². The van der Waals surface area contributed by atoms with Crippen LogP contribution in [0.2, 0.25) is 5.02 Å². The lowest BCUT2D eigenvalue weighted by Crippen LogP contribution is -2.31. The van der Waals surface area contributed by atoms with Crippen LogP contribution < -0.4 is 10.6 Å². The number of aliphatic hydroxyl groups excluding tert-OH is 1. The third-order valence-corrected chi connectivity index (χ3v) is 3.08. The summed E-state index contributed by atoms with van der Waals surface area (Å²) in [5, 5.41) is 9.59. The predicted octanol–water partition coefficient (Wildman–Crippen LogP) is 1.79. The zero-order valence-electron chi connectivity index (χ0n) is 9.27. The molecule has 0 spiro atoms. The van der Waals surface area contributed by atoms with Crippen LogP contribution in [-0.4, -0.2) is 29.8 Å². The summed E-state index contributed by atoms with van der Waals surface area (Å²) in [6, 6.07) is 5.50. The molecule has 0 aliphatic carbocycles. The Bertz CT molecular complexity index is 398. The Morgan fingerprint density at radius 2 is 2.25 bits per heavy atom. The molecule has 1 aromatic carbocycles. The molecule has 88 valence electrons. The molecule has 3 N–H and O–H groups in total. The highest BCUT2D eigenvalue weighted by atomic mass is 35.5. The van der Waals surface area contributed by atoms with Gasteiger partial charge >= 0.3 is 0 Å². The summed E-state index contributed by atoms with van der Waals surface area (Å²) in [5.74, 6) is 0.